The summed E-state index contributed by atoms with van der Waals surface area (Å²) < 4.78 is 2.25. The van der Waals surface area contributed by atoms with Crippen LogP contribution in [0.5, 0.6) is 0 Å². The highest BCUT2D eigenvalue weighted by Crippen LogP contribution is 2.31. The van der Waals surface area contributed by atoms with Crippen LogP contribution in [0.2, 0.25) is 0 Å². The van der Waals surface area contributed by atoms with Crippen LogP contribution in [0.4, 0.5) is 0 Å². The maximum absolute atomic E-state index is 4.33. The van der Waals surface area contributed by atoms with Crippen molar-refractivity contribution < 1.29 is 0 Å². The van der Waals surface area contributed by atoms with Crippen LogP contribution in [-0.2, 0) is 0 Å². The Hall–Kier alpha value is -3.46. The Balaban J connectivity index is 1.69. The molecule has 0 fully saturated rings. The first-order chi connectivity index (χ1) is 12.8. The maximum atomic E-state index is 4.33. The zero-order chi connectivity index (χ0) is 17.5. The number of fused-ring (bicyclic) bond motifs is 3. The van der Waals surface area contributed by atoms with E-state index >= 15 is 0 Å². The van der Waals surface area contributed by atoms with Gasteiger partial charge in [-0.15, -0.1) is 0 Å². The largest absolute Gasteiger partial charge is 0.308 e. The minimum absolute atomic E-state index is 1.10. The molecule has 0 aliphatic rings. The molecular weight excluding hydrogens is 318 g/mol. The van der Waals surface area contributed by atoms with E-state index in [1.54, 1.807) is 0 Å². The summed E-state index contributed by atoms with van der Waals surface area (Å²) in [4.78, 5) is 8.62. The molecule has 3 heterocycles. The molecule has 0 aliphatic carbocycles. The fourth-order valence-electron chi connectivity index (χ4n) is 3.54. The van der Waals surface area contributed by atoms with Crippen LogP contribution in [0, 0.1) is 6.92 Å². The van der Waals surface area contributed by atoms with Crippen LogP contribution in [0.25, 0.3) is 38.6 Å². The molecule has 5 aromatic rings. The quantitative estimate of drug-likeness (QED) is 0.423. The molecule has 2 aromatic carbocycles. The third kappa shape index (κ3) is 2.29. The number of pyridine rings is 2. The van der Waals surface area contributed by atoms with Gasteiger partial charge in [0.15, 0.2) is 0 Å². The molecule has 124 valence electrons. The Morgan fingerprint density at radius 1 is 0.615 bits per heavy atom. The topological polar surface area (TPSA) is 30.7 Å². The highest BCUT2D eigenvalue weighted by molar-refractivity contribution is 6.08. The summed E-state index contributed by atoms with van der Waals surface area (Å²) in [6.07, 6.45) is 7.52. The predicted octanol–water partition coefficient (Wildman–Crippen LogP) is 5.55. The summed E-state index contributed by atoms with van der Waals surface area (Å²) in [5.41, 5.74) is 7.09. The SMILES string of the molecule is Cc1ccc(-c2ccc(-n3c4ccncc4c4ccncc43)cc2)cc1. The second-order valence-corrected chi connectivity index (χ2v) is 6.53. The van der Waals surface area contributed by atoms with Gasteiger partial charge in [-0.05, 0) is 42.3 Å². The zero-order valence-electron chi connectivity index (χ0n) is 14.4. The zero-order valence-corrected chi connectivity index (χ0v) is 14.4. The Kier molecular flexibility index (Phi) is 3.32. The molecule has 0 unspecified atom stereocenters. The van der Waals surface area contributed by atoms with Gasteiger partial charge in [-0.25, -0.2) is 0 Å². The van der Waals surface area contributed by atoms with Gasteiger partial charge in [0, 0.05) is 35.1 Å². The van der Waals surface area contributed by atoms with Crippen LogP contribution in [-0.4, -0.2) is 14.5 Å². The average molecular weight is 335 g/mol. The van der Waals surface area contributed by atoms with E-state index in [-0.39, 0.29) is 0 Å². The van der Waals surface area contributed by atoms with Crippen molar-refractivity contribution in [2.45, 2.75) is 6.92 Å². The van der Waals surface area contributed by atoms with Crippen LogP contribution >= 0.6 is 0 Å². The lowest BCUT2D eigenvalue weighted by Crippen LogP contribution is -1.94. The molecular formula is C23H17N3. The van der Waals surface area contributed by atoms with Gasteiger partial charge in [-0.3, -0.25) is 9.97 Å². The van der Waals surface area contributed by atoms with E-state index in [9.17, 15) is 0 Å². The van der Waals surface area contributed by atoms with Gasteiger partial charge < -0.3 is 4.57 Å². The molecule has 0 saturated carbocycles. The Labute approximate surface area is 151 Å². The van der Waals surface area contributed by atoms with E-state index in [4.69, 9.17) is 0 Å². The molecule has 5 rings (SSSR count). The van der Waals surface area contributed by atoms with Crippen molar-refractivity contribution in [2.24, 2.45) is 0 Å². The fraction of sp³-hybridized carbons (Fsp3) is 0.0435. The first kappa shape index (κ1) is 14.8. The first-order valence-corrected chi connectivity index (χ1v) is 8.67. The van der Waals surface area contributed by atoms with E-state index in [0.717, 1.165) is 22.1 Å². The Morgan fingerprint density at radius 3 is 2.04 bits per heavy atom. The molecule has 3 nitrogen and oxygen atoms in total. The third-order valence-electron chi connectivity index (χ3n) is 4.88. The molecule has 0 N–H and O–H groups in total. The second-order valence-electron chi connectivity index (χ2n) is 6.53. The van der Waals surface area contributed by atoms with Crippen molar-refractivity contribution in [2.75, 3.05) is 0 Å². The highest BCUT2D eigenvalue weighted by Gasteiger charge is 2.12. The second kappa shape index (κ2) is 5.81. The van der Waals surface area contributed by atoms with Crippen molar-refractivity contribution in [3.8, 4) is 16.8 Å². The molecule has 26 heavy (non-hydrogen) atoms. The van der Waals surface area contributed by atoms with Gasteiger partial charge in [-0.2, -0.15) is 0 Å². The van der Waals surface area contributed by atoms with Crippen LogP contribution in [0.1, 0.15) is 5.56 Å². The van der Waals surface area contributed by atoms with Crippen molar-refractivity contribution in [1.82, 2.24) is 14.5 Å². The van der Waals surface area contributed by atoms with E-state index in [0.29, 0.717) is 0 Å². The number of hydrogen-bond donors (Lipinski definition) is 0. The van der Waals surface area contributed by atoms with Crippen LogP contribution in [0.3, 0.4) is 0 Å². The van der Waals surface area contributed by atoms with Gasteiger partial charge >= 0.3 is 0 Å². The van der Waals surface area contributed by atoms with Gasteiger partial charge in [0.25, 0.3) is 0 Å². The van der Waals surface area contributed by atoms with Crippen LogP contribution < -0.4 is 0 Å². The Morgan fingerprint density at radius 2 is 1.27 bits per heavy atom. The van der Waals surface area contributed by atoms with E-state index < -0.39 is 0 Å². The lowest BCUT2D eigenvalue weighted by molar-refractivity contribution is 1.16. The molecule has 0 spiro atoms. The number of aromatic nitrogens is 3. The first-order valence-electron chi connectivity index (χ1n) is 8.67. The number of nitrogens with zero attached hydrogens (tertiary/aromatic N) is 3. The van der Waals surface area contributed by atoms with Crippen LogP contribution in [0.15, 0.2) is 85.5 Å². The summed E-state index contributed by atoms with van der Waals surface area (Å²) in [5.74, 6) is 0. The van der Waals surface area contributed by atoms with Gasteiger partial charge in [0.2, 0.25) is 0 Å². The minimum Gasteiger partial charge on any atom is -0.308 e. The normalized spacial score (nSPS) is 11.3. The molecule has 0 saturated heterocycles. The lowest BCUT2D eigenvalue weighted by atomic mass is 10.0. The summed E-state index contributed by atoms with van der Waals surface area (Å²) in [6, 6.07) is 21.4. The van der Waals surface area contributed by atoms with Crippen molar-refractivity contribution in [3.05, 3.63) is 91.0 Å². The lowest BCUT2D eigenvalue weighted by Gasteiger charge is -2.09. The summed E-state index contributed by atoms with van der Waals surface area (Å²) in [5, 5.41) is 2.32. The average Bonchev–Trinajstić information content (AvgIpc) is 3.03. The summed E-state index contributed by atoms with van der Waals surface area (Å²) >= 11 is 0. The fourth-order valence-corrected chi connectivity index (χ4v) is 3.54. The Bertz CT molecular complexity index is 1160. The molecule has 0 amide bonds. The molecule has 0 aliphatic heterocycles. The van der Waals surface area contributed by atoms with Gasteiger partial charge in [0.1, 0.15) is 0 Å². The standard InChI is InChI=1S/C23H17N3/c1-16-2-4-17(5-3-16)18-6-8-19(9-7-18)26-22-11-13-24-14-21(22)20-10-12-25-15-23(20)26/h2-15H,1H3. The third-order valence-corrected chi connectivity index (χ3v) is 4.88. The molecule has 0 radical (unpaired) electrons. The van der Waals surface area contributed by atoms with E-state index in [1.807, 2.05) is 24.8 Å². The molecule has 3 aromatic heterocycles. The number of aryl methyl sites for hydroxylation is 1. The number of hydrogen-bond acceptors (Lipinski definition) is 2. The van der Waals surface area contributed by atoms with Crippen molar-refractivity contribution in [1.29, 1.82) is 0 Å². The van der Waals surface area contributed by atoms with Gasteiger partial charge in [0.05, 0.1) is 17.2 Å². The highest BCUT2D eigenvalue weighted by atomic mass is 15.0. The molecule has 3 heteroatoms. The minimum atomic E-state index is 1.10. The van der Waals surface area contributed by atoms with Crippen molar-refractivity contribution in [3.63, 3.8) is 0 Å². The maximum Gasteiger partial charge on any atom is 0.0725 e. The van der Waals surface area contributed by atoms with Crippen molar-refractivity contribution >= 4 is 21.8 Å². The number of rotatable bonds is 2. The summed E-state index contributed by atoms with van der Waals surface area (Å²) in [7, 11) is 0. The number of benzene rings is 2. The summed E-state index contributed by atoms with van der Waals surface area (Å²) in [6.45, 7) is 2.11. The molecule has 0 atom stereocenters. The van der Waals surface area contributed by atoms with Gasteiger partial charge in [-0.1, -0.05) is 42.0 Å². The smallest absolute Gasteiger partial charge is 0.0725 e. The monoisotopic (exact) mass is 335 g/mol. The van der Waals surface area contributed by atoms with E-state index in [2.05, 4.69) is 82.1 Å². The van der Waals surface area contributed by atoms with E-state index in [1.165, 1.54) is 22.1 Å². The predicted molar refractivity (Wildman–Crippen MR) is 107 cm³/mol. The molecule has 0 bridgehead atoms.